The molecule has 3 aromatic carbocycles. The maximum atomic E-state index is 12.1. The van der Waals surface area contributed by atoms with Crippen molar-refractivity contribution in [1.82, 2.24) is 0 Å². The Hall–Kier alpha value is -3.53. The second kappa shape index (κ2) is 5.49. The van der Waals surface area contributed by atoms with Gasteiger partial charge in [-0.25, -0.2) is 0 Å². The maximum absolute atomic E-state index is 12.1. The number of hydrogen-bond donors (Lipinski definition) is 0. The molecule has 4 heteroatoms. The number of hydrogen-bond acceptors (Lipinski definition) is 4. The van der Waals surface area contributed by atoms with E-state index in [1.807, 2.05) is 60.7 Å². The molecule has 0 spiro atoms. The SMILES string of the molecule is O=c1ccoc2c3c(ccc12)OC(c1ccccc1)(c1ccccc1)O3. The molecule has 1 aliphatic rings. The summed E-state index contributed by atoms with van der Waals surface area (Å²) in [5.41, 5.74) is 1.99. The summed E-state index contributed by atoms with van der Waals surface area (Å²) >= 11 is 0. The molecule has 0 saturated carbocycles. The first-order valence-electron chi connectivity index (χ1n) is 8.31. The van der Waals surface area contributed by atoms with Crippen LogP contribution in [-0.4, -0.2) is 0 Å². The summed E-state index contributed by atoms with van der Waals surface area (Å²) in [5.74, 6) is -0.152. The van der Waals surface area contributed by atoms with E-state index in [9.17, 15) is 4.79 Å². The number of rotatable bonds is 2. The van der Waals surface area contributed by atoms with Crippen LogP contribution in [0.4, 0.5) is 0 Å². The minimum absolute atomic E-state index is 0.116. The summed E-state index contributed by atoms with van der Waals surface area (Å²) in [6.07, 6.45) is 1.37. The highest BCUT2D eigenvalue weighted by Gasteiger charge is 2.46. The van der Waals surface area contributed by atoms with E-state index < -0.39 is 5.79 Å². The van der Waals surface area contributed by atoms with Gasteiger partial charge >= 0.3 is 5.79 Å². The van der Waals surface area contributed by atoms with Crippen LogP contribution >= 0.6 is 0 Å². The summed E-state index contributed by atoms with van der Waals surface area (Å²) in [4.78, 5) is 12.1. The Labute approximate surface area is 149 Å². The van der Waals surface area contributed by atoms with E-state index in [1.54, 1.807) is 12.1 Å². The maximum Gasteiger partial charge on any atom is 0.305 e. The van der Waals surface area contributed by atoms with Gasteiger partial charge in [-0.2, -0.15) is 0 Å². The second-order valence-corrected chi connectivity index (χ2v) is 6.11. The number of ether oxygens (including phenoxy) is 2. The quantitative estimate of drug-likeness (QED) is 0.539. The van der Waals surface area contributed by atoms with Crippen LogP contribution in [0, 0.1) is 0 Å². The molecule has 0 bridgehead atoms. The molecule has 0 N–H and O–H groups in total. The third-order valence-electron chi connectivity index (χ3n) is 4.55. The van der Waals surface area contributed by atoms with Crippen molar-refractivity contribution >= 4 is 11.0 Å². The zero-order valence-corrected chi connectivity index (χ0v) is 13.7. The third kappa shape index (κ3) is 2.05. The molecule has 26 heavy (non-hydrogen) atoms. The van der Waals surface area contributed by atoms with E-state index in [-0.39, 0.29) is 5.43 Å². The van der Waals surface area contributed by atoms with Crippen molar-refractivity contribution in [2.24, 2.45) is 0 Å². The zero-order valence-electron chi connectivity index (χ0n) is 13.7. The largest absolute Gasteiger partial charge is 0.460 e. The average Bonchev–Trinajstić information content (AvgIpc) is 3.11. The highest BCUT2D eigenvalue weighted by Crippen LogP contribution is 2.50. The van der Waals surface area contributed by atoms with Crippen LogP contribution in [0.5, 0.6) is 11.5 Å². The molecule has 0 aliphatic carbocycles. The summed E-state index contributed by atoms with van der Waals surface area (Å²) < 4.78 is 18.3. The lowest BCUT2D eigenvalue weighted by Gasteiger charge is -2.28. The van der Waals surface area contributed by atoms with Crippen molar-refractivity contribution in [3.05, 3.63) is 106 Å². The van der Waals surface area contributed by atoms with E-state index in [1.165, 1.54) is 12.3 Å². The van der Waals surface area contributed by atoms with Crippen molar-refractivity contribution in [2.75, 3.05) is 0 Å². The van der Waals surface area contributed by atoms with Gasteiger partial charge < -0.3 is 13.9 Å². The molecule has 1 aliphatic heterocycles. The van der Waals surface area contributed by atoms with Gasteiger partial charge in [0.15, 0.2) is 16.8 Å². The fraction of sp³-hybridized carbons (Fsp3) is 0.0455. The normalized spacial score (nSPS) is 14.5. The molecule has 0 radical (unpaired) electrons. The van der Waals surface area contributed by atoms with Crippen LogP contribution in [0.1, 0.15) is 11.1 Å². The molecule has 4 aromatic rings. The Balaban J connectivity index is 1.77. The molecule has 0 unspecified atom stereocenters. The summed E-state index contributed by atoms with van der Waals surface area (Å²) in [6, 6.07) is 24.3. The molecule has 4 nitrogen and oxygen atoms in total. The Morgan fingerprint density at radius 3 is 2.00 bits per heavy atom. The summed E-state index contributed by atoms with van der Waals surface area (Å²) in [6.45, 7) is 0. The van der Waals surface area contributed by atoms with Crippen LogP contribution in [0.2, 0.25) is 0 Å². The molecular weight excluding hydrogens is 328 g/mol. The highest BCUT2D eigenvalue weighted by atomic mass is 16.7. The van der Waals surface area contributed by atoms with Gasteiger partial charge in [-0.3, -0.25) is 4.79 Å². The van der Waals surface area contributed by atoms with Crippen LogP contribution in [0.25, 0.3) is 11.0 Å². The first kappa shape index (κ1) is 14.8. The predicted octanol–water partition coefficient (Wildman–Crippen LogP) is 4.47. The van der Waals surface area contributed by atoms with Crippen molar-refractivity contribution in [3.63, 3.8) is 0 Å². The molecule has 0 amide bonds. The fourth-order valence-electron chi connectivity index (χ4n) is 3.32. The summed E-state index contributed by atoms with van der Waals surface area (Å²) in [7, 11) is 0. The Bertz CT molecular complexity index is 1110. The van der Waals surface area contributed by atoms with Crippen LogP contribution < -0.4 is 14.9 Å². The van der Waals surface area contributed by atoms with Gasteiger partial charge in [-0.05, 0) is 12.1 Å². The van der Waals surface area contributed by atoms with Gasteiger partial charge in [-0.15, -0.1) is 0 Å². The molecule has 0 fully saturated rings. The van der Waals surface area contributed by atoms with E-state index in [2.05, 4.69) is 0 Å². The van der Waals surface area contributed by atoms with E-state index in [0.717, 1.165) is 11.1 Å². The van der Waals surface area contributed by atoms with Gasteiger partial charge in [-0.1, -0.05) is 60.7 Å². The standard InChI is InChI=1S/C22H14O4/c23-18-13-14-24-20-17(18)11-12-19-21(20)26-22(25-19,15-7-3-1-4-8-15)16-9-5-2-6-10-16/h1-14H. The fourth-order valence-corrected chi connectivity index (χ4v) is 3.32. The third-order valence-corrected chi connectivity index (χ3v) is 4.55. The van der Waals surface area contributed by atoms with Crippen LogP contribution in [-0.2, 0) is 5.79 Å². The average molecular weight is 342 g/mol. The Morgan fingerprint density at radius 1 is 0.692 bits per heavy atom. The molecular formula is C22H14O4. The minimum Gasteiger partial charge on any atom is -0.460 e. The van der Waals surface area contributed by atoms with Crippen LogP contribution in [0.15, 0.2) is 94.3 Å². The predicted molar refractivity (Wildman–Crippen MR) is 97.4 cm³/mol. The van der Waals surface area contributed by atoms with Crippen molar-refractivity contribution < 1.29 is 13.9 Å². The van der Waals surface area contributed by atoms with E-state index in [0.29, 0.717) is 22.5 Å². The lowest BCUT2D eigenvalue weighted by atomic mass is 9.97. The minimum atomic E-state index is -1.13. The highest BCUT2D eigenvalue weighted by molar-refractivity contribution is 5.85. The molecule has 5 rings (SSSR count). The van der Waals surface area contributed by atoms with Crippen LogP contribution in [0.3, 0.4) is 0 Å². The molecule has 126 valence electrons. The second-order valence-electron chi connectivity index (χ2n) is 6.11. The molecule has 0 atom stereocenters. The van der Waals surface area contributed by atoms with Gasteiger partial charge in [0.25, 0.3) is 0 Å². The number of fused-ring (bicyclic) bond motifs is 3. The topological polar surface area (TPSA) is 48.7 Å². The first-order valence-corrected chi connectivity index (χ1v) is 8.31. The first-order chi connectivity index (χ1) is 12.8. The van der Waals surface area contributed by atoms with Crippen molar-refractivity contribution in [2.45, 2.75) is 5.79 Å². The molecule has 2 heterocycles. The molecule has 0 saturated heterocycles. The Morgan fingerprint density at radius 2 is 1.35 bits per heavy atom. The monoisotopic (exact) mass is 342 g/mol. The Kier molecular flexibility index (Phi) is 3.12. The van der Waals surface area contributed by atoms with Gasteiger partial charge in [0.2, 0.25) is 5.75 Å². The number of benzene rings is 3. The lowest BCUT2D eigenvalue weighted by molar-refractivity contribution is -0.0456. The lowest BCUT2D eigenvalue weighted by Crippen LogP contribution is -2.36. The van der Waals surface area contributed by atoms with Gasteiger partial charge in [0.1, 0.15) is 0 Å². The smallest absolute Gasteiger partial charge is 0.305 e. The van der Waals surface area contributed by atoms with E-state index in [4.69, 9.17) is 13.9 Å². The van der Waals surface area contributed by atoms with Gasteiger partial charge in [0.05, 0.1) is 11.6 Å². The van der Waals surface area contributed by atoms with E-state index >= 15 is 0 Å². The zero-order chi connectivity index (χ0) is 17.6. The van der Waals surface area contributed by atoms with Gasteiger partial charge in [0, 0.05) is 17.2 Å². The van der Waals surface area contributed by atoms with Crippen molar-refractivity contribution in [1.29, 1.82) is 0 Å². The van der Waals surface area contributed by atoms with Crippen molar-refractivity contribution in [3.8, 4) is 11.5 Å². The summed E-state index contributed by atoms with van der Waals surface area (Å²) in [5, 5.41) is 0.465. The molecule has 1 aromatic heterocycles.